The predicted molar refractivity (Wildman–Crippen MR) is 79.6 cm³/mol. The molecule has 0 aliphatic heterocycles. The Hall–Kier alpha value is -1.32. The van der Waals surface area contributed by atoms with E-state index in [9.17, 15) is 4.79 Å². The third kappa shape index (κ3) is 3.22. The van der Waals surface area contributed by atoms with E-state index in [0.29, 0.717) is 12.5 Å². The largest absolute Gasteiger partial charge is 0.311 e. The predicted octanol–water partition coefficient (Wildman–Crippen LogP) is 3.91. The fraction of sp³-hybridized carbons (Fsp3) is 0.750. The van der Waals surface area contributed by atoms with Gasteiger partial charge in [0.25, 0.3) is 0 Å². The van der Waals surface area contributed by atoms with Crippen molar-refractivity contribution in [1.29, 1.82) is 0 Å². The van der Waals surface area contributed by atoms with Crippen molar-refractivity contribution < 1.29 is 4.79 Å². The van der Waals surface area contributed by atoms with Gasteiger partial charge in [0, 0.05) is 12.5 Å². The van der Waals surface area contributed by atoms with Crippen molar-refractivity contribution in [3.05, 3.63) is 12.3 Å². The number of anilines is 1. The Balaban J connectivity index is 1.51. The first-order valence-corrected chi connectivity index (χ1v) is 8.16. The minimum absolute atomic E-state index is 0.150. The van der Waals surface area contributed by atoms with Crippen LogP contribution >= 0.6 is 0 Å². The van der Waals surface area contributed by atoms with E-state index in [1.807, 2.05) is 10.7 Å². The standard InChI is InChI=1S/C16H25N3O/c20-16(10-9-13-5-1-2-6-13)18-15-11-12-17-19(15)14-7-3-4-8-14/h11-14H,1-10H2,(H,18,20). The summed E-state index contributed by atoms with van der Waals surface area (Å²) in [6, 6.07) is 2.40. The van der Waals surface area contributed by atoms with Crippen LogP contribution in [0, 0.1) is 5.92 Å². The number of aromatic nitrogens is 2. The molecule has 2 aliphatic rings. The fourth-order valence-electron chi connectivity index (χ4n) is 3.69. The van der Waals surface area contributed by atoms with E-state index < -0.39 is 0 Å². The van der Waals surface area contributed by atoms with Crippen molar-refractivity contribution in [1.82, 2.24) is 9.78 Å². The Kier molecular flexibility index (Phi) is 4.38. The van der Waals surface area contributed by atoms with Gasteiger partial charge in [-0.05, 0) is 25.2 Å². The van der Waals surface area contributed by atoms with Gasteiger partial charge in [-0.25, -0.2) is 4.68 Å². The summed E-state index contributed by atoms with van der Waals surface area (Å²) in [6.45, 7) is 0. The molecule has 0 radical (unpaired) electrons. The van der Waals surface area contributed by atoms with Crippen molar-refractivity contribution >= 4 is 11.7 Å². The van der Waals surface area contributed by atoms with Crippen LogP contribution in [-0.4, -0.2) is 15.7 Å². The number of hydrogen-bond acceptors (Lipinski definition) is 2. The Morgan fingerprint density at radius 1 is 1.20 bits per heavy atom. The highest BCUT2D eigenvalue weighted by atomic mass is 16.1. The zero-order valence-electron chi connectivity index (χ0n) is 12.2. The average molecular weight is 275 g/mol. The Labute approximate surface area is 120 Å². The van der Waals surface area contributed by atoms with Gasteiger partial charge >= 0.3 is 0 Å². The van der Waals surface area contributed by atoms with Crippen LogP contribution in [0.15, 0.2) is 12.3 Å². The van der Waals surface area contributed by atoms with Gasteiger partial charge in [-0.3, -0.25) is 4.79 Å². The topological polar surface area (TPSA) is 46.9 Å². The molecule has 0 bridgehead atoms. The minimum Gasteiger partial charge on any atom is -0.311 e. The van der Waals surface area contributed by atoms with Crippen LogP contribution in [0.1, 0.15) is 70.3 Å². The van der Waals surface area contributed by atoms with Gasteiger partial charge in [-0.15, -0.1) is 0 Å². The second kappa shape index (κ2) is 6.42. The molecule has 20 heavy (non-hydrogen) atoms. The summed E-state index contributed by atoms with van der Waals surface area (Å²) in [6.07, 6.45) is 13.7. The van der Waals surface area contributed by atoms with Crippen LogP contribution in [0.5, 0.6) is 0 Å². The molecule has 1 heterocycles. The molecule has 1 N–H and O–H groups in total. The van der Waals surface area contributed by atoms with Gasteiger partial charge in [0.15, 0.2) is 0 Å². The highest BCUT2D eigenvalue weighted by Gasteiger charge is 2.21. The molecule has 2 fully saturated rings. The molecule has 2 saturated carbocycles. The van der Waals surface area contributed by atoms with Crippen LogP contribution < -0.4 is 5.32 Å². The van der Waals surface area contributed by atoms with E-state index in [0.717, 1.165) is 18.2 Å². The number of carbonyl (C=O) groups excluding carboxylic acids is 1. The van der Waals surface area contributed by atoms with E-state index in [1.165, 1.54) is 51.4 Å². The van der Waals surface area contributed by atoms with E-state index >= 15 is 0 Å². The van der Waals surface area contributed by atoms with Crippen molar-refractivity contribution in [2.75, 3.05) is 5.32 Å². The molecule has 110 valence electrons. The molecule has 0 aromatic carbocycles. The maximum Gasteiger partial charge on any atom is 0.225 e. The molecule has 0 unspecified atom stereocenters. The van der Waals surface area contributed by atoms with Crippen LogP contribution in [-0.2, 0) is 4.79 Å². The molecule has 0 atom stereocenters. The summed E-state index contributed by atoms with van der Waals surface area (Å²) in [5.41, 5.74) is 0. The number of carbonyl (C=O) groups is 1. The molecule has 0 saturated heterocycles. The molecule has 3 rings (SSSR count). The summed E-state index contributed by atoms with van der Waals surface area (Å²) in [4.78, 5) is 12.1. The van der Waals surface area contributed by atoms with Crippen LogP contribution in [0.2, 0.25) is 0 Å². The highest BCUT2D eigenvalue weighted by molar-refractivity contribution is 5.89. The summed E-state index contributed by atoms with van der Waals surface area (Å²) in [5.74, 6) is 1.81. The number of nitrogens with zero attached hydrogens (tertiary/aromatic N) is 2. The number of amides is 1. The Morgan fingerprint density at radius 3 is 2.65 bits per heavy atom. The molecule has 4 heteroatoms. The molecule has 1 amide bonds. The highest BCUT2D eigenvalue weighted by Crippen LogP contribution is 2.31. The first-order valence-electron chi connectivity index (χ1n) is 8.16. The van der Waals surface area contributed by atoms with E-state index in [-0.39, 0.29) is 5.91 Å². The van der Waals surface area contributed by atoms with E-state index in [1.54, 1.807) is 6.20 Å². The maximum absolute atomic E-state index is 12.1. The minimum atomic E-state index is 0.150. The molecular formula is C16H25N3O. The summed E-state index contributed by atoms with van der Waals surface area (Å²) >= 11 is 0. The van der Waals surface area contributed by atoms with Gasteiger partial charge in [0.2, 0.25) is 5.91 Å². The van der Waals surface area contributed by atoms with E-state index in [4.69, 9.17) is 0 Å². The van der Waals surface area contributed by atoms with Crippen LogP contribution in [0.3, 0.4) is 0 Å². The lowest BCUT2D eigenvalue weighted by Gasteiger charge is -2.15. The molecule has 2 aliphatic carbocycles. The quantitative estimate of drug-likeness (QED) is 0.885. The Morgan fingerprint density at radius 2 is 1.90 bits per heavy atom. The van der Waals surface area contributed by atoms with Gasteiger partial charge in [-0.2, -0.15) is 5.10 Å². The summed E-state index contributed by atoms with van der Waals surface area (Å²) in [7, 11) is 0. The lowest BCUT2D eigenvalue weighted by Crippen LogP contribution is -2.18. The van der Waals surface area contributed by atoms with Crippen molar-refractivity contribution in [2.45, 2.75) is 70.3 Å². The third-order valence-electron chi connectivity index (χ3n) is 4.86. The monoisotopic (exact) mass is 275 g/mol. The first kappa shape index (κ1) is 13.7. The second-order valence-corrected chi connectivity index (χ2v) is 6.34. The SMILES string of the molecule is O=C(CCC1CCCC1)Nc1ccnn1C1CCCC1. The molecule has 1 aromatic rings. The van der Waals surface area contributed by atoms with Crippen LogP contribution in [0.25, 0.3) is 0 Å². The normalized spacial score (nSPS) is 20.6. The first-order chi connectivity index (χ1) is 9.83. The van der Waals surface area contributed by atoms with Crippen molar-refractivity contribution in [3.8, 4) is 0 Å². The molecular weight excluding hydrogens is 250 g/mol. The third-order valence-corrected chi connectivity index (χ3v) is 4.86. The van der Waals surface area contributed by atoms with Gasteiger partial charge in [-0.1, -0.05) is 38.5 Å². The smallest absolute Gasteiger partial charge is 0.225 e. The van der Waals surface area contributed by atoms with Gasteiger partial charge in [0.1, 0.15) is 5.82 Å². The van der Waals surface area contributed by atoms with E-state index in [2.05, 4.69) is 10.4 Å². The lowest BCUT2D eigenvalue weighted by molar-refractivity contribution is -0.116. The van der Waals surface area contributed by atoms with Crippen molar-refractivity contribution in [3.63, 3.8) is 0 Å². The maximum atomic E-state index is 12.1. The Bertz CT molecular complexity index is 442. The number of hydrogen-bond donors (Lipinski definition) is 1. The molecule has 1 aromatic heterocycles. The summed E-state index contributed by atoms with van der Waals surface area (Å²) < 4.78 is 2.01. The lowest BCUT2D eigenvalue weighted by atomic mass is 10.0. The zero-order valence-corrected chi connectivity index (χ0v) is 12.2. The second-order valence-electron chi connectivity index (χ2n) is 6.34. The molecule has 4 nitrogen and oxygen atoms in total. The van der Waals surface area contributed by atoms with Crippen molar-refractivity contribution in [2.24, 2.45) is 5.92 Å². The van der Waals surface area contributed by atoms with Gasteiger partial charge < -0.3 is 5.32 Å². The number of rotatable bonds is 5. The zero-order chi connectivity index (χ0) is 13.8. The summed E-state index contributed by atoms with van der Waals surface area (Å²) in [5, 5.41) is 7.44. The number of nitrogens with one attached hydrogen (secondary N) is 1. The average Bonchev–Trinajstić information content (AvgIpc) is 3.18. The van der Waals surface area contributed by atoms with Crippen LogP contribution in [0.4, 0.5) is 5.82 Å². The fourth-order valence-corrected chi connectivity index (χ4v) is 3.69. The van der Waals surface area contributed by atoms with Gasteiger partial charge in [0.05, 0.1) is 12.2 Å². The molecule has 0 spiro atoms.